The number of aliphatic hydroxyl groups is 1. The van der Waals surface area contributed by atoms with Crippen LogP contribution in [0.3, 0.4) is 0 Å². The van der Waals surface area contributed by atoms with E-state index in [4.69, 9.17) is 0 Å². The van der Waals surface area contributed by atoms with Crippen LogP contribution in [0.15, 0.2) is 0 Å². The van der Waals surface area contributed by atoms with Crippen molar-refractivity contribution in [1.82, 2.24) is 10.2 Å². The van der Waals surface area contributed by atoms with E-state index in [2.05, 4.69) is 24.1 Å². The second kappa shape index (κ2) is 8.35. The van der Waals surface area contributed by atoms with Gasteiger partial charge < -0.3 is 10.4 Å². The standard InChI is InChI=1S/C17H34N2O/c1-3-18-17-9-8-14(2)12-15(17)13-19(10-11-20)16-6-4-5-7-16/h14-18,20H,3-13H2,1-2H3. The quantitative estimate of drug-likeness (QED) is 0.753. The lowest BCUT2D eigenvalue weighted by molar-refractivity contribution is 0.0960. The summed E-state index contributed by atoms with van der Waals surface area (Å²) >= 11 is 0. The van der Waals surface area contributed by atoms with Gasteiger partial charge in [0.1, 0.15) is 0 Å². The van der Waals surface area contributed by atoms with E-state index in [9.17, 15) is 5.11 Å². The summed E-state index contributed by atoms with van der Waals surface area (Å²) in [6, 6.07) is 1.43. The number of nitrogens with zero attached hydrogens (tertiary/aromatic N) is 1. The van der Waals surface area contributed by atoms with Gasteiger partial charge in [0.2, 0.25) is 0 Å². The van der Waals surface area contributed by atoms with Crippen molar-refractivity contribution >= 4 is 0 Å². The van der Waals surface area contributed by atoms with Crippen molar-refractivity contribution in [2.75, 3.05) is 26.2 Å². The molecule has 0 aromatic rings. The molecule has 2 saturated carbocycles. The summed E-state index contributed by atoms with van der Waals surface area (Å²) in [5, 5.41) is 13.1. The molecule has 0 spiro atoms. The molecule has 0 aliphatic heterocycles. The Morgan fingerprint density at radius 1 is 1.15 bits per heavy atom. The number of hydrogen-bond acceptors (Lipinski definition) is 3. The molecule has 0 bridgehead atoms. The minimum absolute atomic E-state index is 0.310. The van der Waals surface area contributed by atoms with Crippen molar-refractivity contribution in [2.45, 2.75) is 70.9 Å². The Morgan fingerprint density at radius 2 is 1.90 bits per heavy atom. The van der Waals surface area contributed by atoms with Gasteiger partial charge in [0.05, 0.1) is 6.61 Å². The van der Waals surface area contributed by atoms with E-state index < -0.39 is 0 Å². The maximum absolute atomic E-state index is 9.39. The van der Waals surface area contributed by atoms with Crippen LogP contribution in [0, 0.1) is 11.8 Å². The van der Waals surface area contributed by atoms with E-state index in [-0.39, 0.29) is 0 Å². The second-order valence-corrected chi connectivity index (χ2v) is 7.00. The molecule has 3 nitrogen and oxygen atoms in total. The van der Waals surface area contributed by atoms with Crippen molar-refractivity contribution in [3.63, 3.8) is 0 Å². The first-order valence-electron chi connectivity index (χ1n) is 8.82. The van der Waals surface area contributed by atoms with Gasteiger partial charge in [0.25, 0.3) is 0 Å². The molecule has 0 aromatic heterocycles. The van der Waals surface area contributed by atoms with Gasteiger partial charge in [-0.15, -0.1) is 0 Å². The van der Waals surface area contributed by atoms with Gasteiger partial charge in [-0.05, 0) is 50.5 Å². The van der Waals surface area contributed by atoms with Crippen molar-refractivity contribution in [1.29, 1.82) is 0 Å². The lowest BCUT2D eigenvalue weighted by Gasteiger charge is -2.40. The normalized spacial score (nSPS) is 32.1. The van der Waals surface area contributed by atoms with Crippen molar-refractivity contribution < 1.29 is 5.11 Å². The van der Waals surface area contributed by atoms with Crippen LogP contribution < -0.4 is 5.32 Å². The van der Waals surface area contributed by atoms with Crippen molar-refractivity contribution in [3.05, 3.63) is 0 Å². The van der Waals surface area contributed by atoms with Crippen LogP contribution in [0.2, 0.25) is 0 Å². The topological polar surface area (TPSA) is 35.5 Å². The van der Waals surface area contributed by atoms with Crippen LogP contribution in [0.1, 0.15) is 58.8 Å². The summed E-state index contributed by atoms with van der Waals surface area (Å²) < 4.78 is 0. The van der Waals surface area contributed by atoms with Crippen LogP contribution in [0.25, 0.3) is 0 Å². The first-order valence-corrected chi connectivity index (χ1v) is 8.82. The molecule has 118 valence electrons. The zero-order chi connectivity index (χ0) is 14.4. The Kier molecular flexibility index (Phi) is 6.79. The highest BCUT2D eigenvalue weighted by Crippen LogP contribution is 2.32. The lowest BCUT2D eigenvalue weighted by atomic mass is 9.78. The molecule has 3 heteroatoms. The van der Waals surface area contributed by atoms with Gasteiger partial charge in [0.15, 0.2) is 0 Å². The van der Waals surface area contributed by atoms with E-state index in [0.717, 1.165) is 31.0 Å². The van der Waals surface area contributed by atoms with Crippen LogP contribution in [-0.2, 0) is 0 Å². The summed E-state index contributed by atoms with van der Waals surface area (Å²) in [5.74, 6) is 1.64. The van der Waals surface area contributed by atoms with Crippen LogP contribution >= 0.6 is 0 Å². The van der Waals surface area contributed by atoms with Gasteiger partial charge in [-0.25, -0.2) is 0 Å². The molecule has 2 N–H and O–H groups in total. The first kappa shape index (κ1) is 16.3. The average molecular weight is 282 g/mol. The minimum atomic E-state index is 0.310. The smallest absolute Gasteiger partial charge is 0.0558 e. The van der Waals surface area contributed by atoms with Crippen molar-refractivity contribution in [2.24, 2.45) is 11.8 Å². The highest BCUT2D eigenvalue weighted by Gasteiger charge is 2.31. The SMILES string of the molecule is CCNC1CCC(C)CC1CN(CCO)C1CCCC1. The van der Waals surface area contributed by atoms with Gasteiger partial charge >= 0.3 is 0 Å². The minimum Gasteiger partial charge on any atom is -0.395 e. The molecule has 0 saturated heterocycles. The van der Waals surface area contributed by atoms with E-state index in [1.807, 2.05) is 0 Å². The molecule has 20 heavy (non-hydrogen) atoms. The molecule has 0 heterocycles. The molecular formula is C17H34N2O. The Morgan fingerprint density at radius 3 is 2.55 bits per heavy atom. The predicted molar refractivity (Wildman–Crippen MR) is 84.9 cm³/mol. The molecule has 2 rings (SSSR count). The Hall–Kier alpha value is -0.120. The van der Waals surface area contributed by atoms with Gasteiger partial charge in [0, 0.05) is 25.2 Å². The maximum Gasteiger partial charge on any atom is 0.0558 e. The molecule has 3 atom stereocenters. The highest BCUT2D eigenvalue weighted by atomic mass is 16.3. The molecule has 0 amide bonds. The Labute approximate surface area is 125 Å². The number of rotatable bonds is 7. The predicted octanol–water partition coefficient (Wildman–Crippen LogP) is 2.64. The molecule has 2 aliphatic carbocycles. The largest absolute Gasteiger partial charge is 0.395 e. The summed E-state index contributed by atoms with van der Waals surface area (Å²) in [4.78, 5) is 2.60. The van der Waals surface area contributed by atoms with Crippen molar-refractivity contribution in [3.8, 4) is 0 Å². The monoisotopic (exact) mass is 282 g/mol. The molecule has 0 aromatic carbocycles. The van der Waals surface area contributed by atoms with E-state index >= 15 is 0 Å². The third kappa shape index (κ3) is 4.44. The van der Waals surface area contributed by atoms with E-state index in [1.165, 1.54) is 51.5 Å². The van der Waals surface area contributed by atoms with Gasteiger partial charge in [-0.3, -0.25) is 4.90 Å². The third-order valence-electron chi connectivity index (χ3n) is 5.41. The molecule has 3 unspecified atom stereocenters. The average Bonchev–Trinajstić information content (AvgIpc) is 2.95. The van der Waals surface area contributed by atoms with Crippen LogP contribution in [0.5, 0.6) is 0 Å². The number of hydrogen-bond donors (Lipinski definition) is 2. The highest BCUT2D eigenvalue weighted by molar-refractivity contribution is 4.87. The fraction of sp³-hybridized carbons (Fsp3) is 1.00. The summed E-state index contributed by atoms with van der Waals surface area (Å²) in [6.45, 7) is 8.07. The summed E-state index contributed by atoms with van der Waals surface area (Å²) in [7, 11) is 0. The summed E-state index contributed by atoms with van der Waals surface area (Å²) in [5.41, 5.74) is 0. The van der Waals surface area contributed by atoms with Gasteiger partial charge in [-0.1, -0.05) is 26.7 Å². The number of nitrogens with one attached hydrogen (secondary N) is 1. The summed E-state index contributed by atoms with van der Waals surface area (Å²) in [6.07, 6.45) is 9.50. The third-order valence-corrected chi connectivity index (χ3v) is 5.41. The fourth-order valence-corrected chi connectivity index (χ4v) is 4.35. The van der Waals surface area contributed by atoms with E-state index in [1.54, 1.807) is 0 Å². The van der Waals surface area contributed by atoms with Crippen LogP contribution in [0.4, 0.5) is 0 Å². The zero-order valence-corrected chi connectivity index (χ0v) is 13.5. The van der Waals surface area contributed by atoms with Crippen LogP contribution in [-0.4, -0.2) is 48.3 Å². The lowest BCUT2D eigenvalue weighted by Crippen LogP contribution is -2.48. The molecule has 0 radical (unpaired) electrons. The first-order chi connectivity index (χ1) is 9.74. The maximum atomic E-state index is 9.39. The van der Waals surface area contributed by atoms with Gasteiger partial charge in [-0.2, -0.15) is 0 Å². The molecular weight excluding hydrogens is 248 g/mol. The zero-order valence-electron chi connectivity index (χ0n) is 13.5. The van der Waals surface area contributed by atoms with E-state index in [0.29, 0.717) is 12.6 Å². The molecule has 2 fully saturated rings. The Balaban J connectivity index is 1.94. The number of aliphatic hydroxyl groups excluding tert-OH is 1. The fourth-order valence-electron chi connectivity index (χ4n) is 4.35. The molecule has 2 aliphatic rings. The second-order valence-electron chi connectivity index (χ2n) is 7.00. The Bertz CT molecular complexity index is 266.